The van der Waals surface area contributed by atoms with Crippen molar-refractivity contribution in [3.05, 3.63) is 59.5 Å². The van der Waals surface area contributed by atoms with E-state index < -0.39 is 0 Å². The molecular weight excluding hydrogens is 541 g/mol. The second-order valence-corrected chi connectivity index (χ2v) is 12.4. The van der Waals surface area contributed by atoms with Gasteiger partial charge in [0, 0.05) is 80.8 Å². The maximum Gasteiger partial charge on any atom is 0.148 e. The summed E-state index contributed by atoms with van der Waals surface area (Å²) >= 11 is 6.37. The van der Waals surface area contributed by atoms with Crippen molar-refractivity contribution >= 4 is 28.3 Å². The summed E-state index contributed by atoms with van der Waals surface area (Å²) in [6.07, 6.45) is 12.1. The fourth-order valence-electron chi connectivity index (χ4n) is 7.30. The number of fused-ring (bicyclic) bond motifs is 3. The zero-order valence-electron chi connectivity index (χ0n) is 23.3. The summed E-state index contributed by atoms with van der Waals surface area (Å²) in [4.78, 5) is 18.8. The molecule has 4 aromatic rings. The van der Waals surface area contributed by atoms with Crippen molar-refractivity contribution in [1.82, 2.24) is 34.5 Å². The summed E-state index contributed by atoms with van der Waals surface area (Å²) < 4.78 is 17.2. The topological polar surface area (TPSA) is 92.9 Å². The Hall–Kier alpha value is -3.52. The number of rotatable bonds is 7. The molecule has 6 heterocycles. The first-order chi connectivity index (χ1) is 19.9. The molecule has 2 bridgehead atoms. The van der Waals surface area contributed by atoms with Gasteiger partial charge in [-0.1, -0.05) is 17.7 Å². The van der Waals surface area contributed by atoms with Crippen molar-refractivity contribution in [2.24, 2.45) is 0 Å². The Bertz CT molecular complexity index is 1620. The molecule has 2 unspecified atom stereocenters. The number of hydrogen-bond acceptors (Lipinski definition) is 7. The van der Waals surface area contributed by atoms with Gasteiger partial charge < -0.3 is 9.88 Å². The summed E-state index contributed by atoms with van der Waals surface area (Å²) in [6, 6.07) is 9.49. The standard InChI is InChI=1S/C30H33ClFN9/c1-38(2)25-6-3-19(27(32)26(25)31)14-40-21-4-5-22(40)12-23(11-21)39-16-30(17-39,8-9-33)41-15-20(13-37-41)28-24-7-10-34-29(24)36-18-35-28/h3,6-7,10,13,15,18,21-23H,4-5,8,11-12,14,16-17H2,1-2H3,(H,34,35,36). The smallest absolute Gasteiger partial charge is 0.148 e. The molecule has 3 aromatic heterocycles. The molecule has 2 atom stereocenters. The van der Waals surface area contributed by atoms with E-state index in [1.165, 1.54) is 0 Å². The number of likely N-dealkylation sites (tertiary alicyclic amines) is 1. The summed E-state index contributed by atoms with van der Waals surface area (Å²) in [6.45, 7) is 2.18. The Balaban J connectivity index is 1.05. The molecular formula is C30H33ClFN9. The Morgan fingerprint density at radius 2 is 1.93 bits per heavy atom. The van der Waals surface area contributed by atoms with Gasteiger partial charge in [-0.2, -0.15) is 10.4 Å². The number of halogens is 2. The largest absolute Gasteiger partial charge is 0.376 e. The third-order valence-corrected chi connectivity index (χ3v) is 9.81. The number of aromatic amines is 1. The lowest BCUT2D eigenvalue weighted by molar-refractivity contribution is -0.0560. The molecule has 0 radical (unpaired) electrons. The third kappa shape index (κ3) is 4.38. The summed E-state index contributed by atoms with van der Waals surface area (Å²) in [7, 11) is 3.74. The number of hydrogen-bond donors (Lipinski definition) is 1. The molecule has 3 fully saturated rings. The maximum atomic E-state index is 15.2. The number of piperidine rings is 1. The average Bonchev–Trinajstić information content (AvgIpc) is 3.67. The van der Waals surface area contributed by atoms with Gasteiger partial charge in [-0.3, -0.25) is 14.5 Å². The quantitative estimate of drug-likeness (QED) is 0.339. The summed E-state index contributed by atoms with van der Waals surface area (Å²) in [5.74, 6) is -0.304. The Kier molecular flexibility index (Phi) is 6.49. The van der Waals surface area contributed by atoms with Crippen LogP contribution in [0.15, 0.2) is 43.1 Å². The zero-order valence-corrected chi connectivity index (χ0v) is 24.0. The Labute approximate surface area is 243 Å². The predicted octanol–water partition coefficient (Wildman–Crippen LogP) is 4.80. The van der Waals surface area contributed by atoms with Crippen LogP contribution in [0.4, 0.5) is 10.1 Å². The van der Waals surface area contributed by atoms with E-state index in [1.54, 1.807) is 6.33 Å². The molecule has 0 saturated carbocycles. The lowest BCUT2D eigenvalue weighted by Gasteiger charge is -2.55. The van der Waals surface area contributed by atoms with E-state index in [0.29, 0.717) is 42.3 Å². The molecule has 212 valence electrons. The molecule has 11 heteroatoms. The van der Waals surface area contributed by atoms with Crippen LogP contribution in [0.3, 0.4) is 0 Å². The van der Waals surface area contributed by atoms with Crippen LogP contribution < -0.4 is 4.90 Å². The fraction of sp³-hybridized carbons (Fsp3) is 0.467. The predicted molar refractivity (Wildman–Crippen MR) is 156 cm³/mol. The van der Waals surface area contributed by atoms with E-state index in [0.717, 1.165) is 61.1 Å². The van der Waals surface area contributed by atoms with Crippen LogP contribution in [0.25, 0.3) is 22.3 Å². The minimum absolute atomic E-state index is 0.197. The van der Waals surface area contributed by atoms with Gasteiger partial charge in [0.1, 0.15) is 23.3 Å². The van der Waals surface area contributed by atoms with Crippen LogP contribution in [-0.2, 0) is 12.1 Å². The van der Waals surface area contributed by atoms with Gasteiger partial charge in [0.15, 0.2) is 0 Å². The van der Waals surface area contributed by atoms with Crippen LogP contribution >= 0.6 is 11.6 Å². The molecule has 41 heavy (non-hydrogen) atoms. The second kappa shape index (κ2) is 10.1. The normalized spacial score (nSPS) is 23.9. The minimum atomic E-state index is -0.346. The molecule has 0 amide bonds. The number of nitrogens with zero attached hydrogens (tertiary/aromatic N) is 8. The summed E-state index contributed by atoms with van der Waals surface area (Å²) in [5, 5.41) is 15.6. The van der Waals surface area contributed by atoms with E-state index in [1.807, 2.05) is 60.5 Å². The molecule has 0 spiro atoms. The number of nitrogens with one attached hydrogen (secondary N) is 1. The van der Waals surface area contributed by atoms with Crippen LogP contribution in [0.1, 0.15) is 37.7 Å². The highest BCUT2D eigenvalue weighted by Crippen LogP contribution is 2.44. The number of anilines is 1. The number of aromatic nitrogens is 5. The van der Waals surface area contributed by atoms with E-state index in [2.05, 4.69) is 30.8 Å². The molecule has 3 saturated heterocycles. The van der Waals surface area contributed by atoms with Crippen LogP contribution in [0.2, 0.25) is 5.02 Å². The van der Waals surface area contributed by atoms with Crippen LogP contribution in [0, 0.1) is 17.1 Å². The number of benzene rings is 1. The molecule has 1 N–H and O–H groups in total. The van der Waals surface area contributed by atoms with Gasteiger partial charge in [-0.05, 0) is 37.8 Å². The minimum Gasteiger partial charge on any atom is -0.376 e. The average molecular weight is 574 g/mol. The van der Waals surface area contributed by atoms with Crippen molar-refractivity contribution < 1.29 is 4.39 Å². The van der Waals surface area contributed by atoms with Crippen LogP contribution in [-0.4, -0.2) is 79.8 Å². The molecule has 1 aromatic carbocycles. The van der Waals surface area contributed by atoms with Gasteiger partial charge in [0.05, 0.1) is 35.1 Å². The Morgan fingerprint density at radius 1 is 1.15 bits per heavy atom. The fourth-order valence-corrected chi connectivity index (χ4v) is 7.66. The summed E-state index contributed by atoms with van der Waals surface area (Å²) in [5.41, 5.74) is 3.58. The van der Waals surface area contributed by atoms with Crippen molar-refractivity contribution in [2.75, 3.05) is 32.1 Å². The monoisotopic (exact) mass is 573 g/mol. The number of H-pyrrole nitrogens is 1. The van der Waals surface area contributed by atoms with Gasteiger partial charge in [0.2, 0.25) is 0 Å². The van der Waals surface area contributed by atoms with Crippen LogP contribution in [0.5, 0.6) is 0 Å². The lowest BCUT2D eigenvalue weighted by Crippen LogP contribution is -2.67. The zero-order chi connectivity index (χ0) is 28.3. The van der Waals surface area contributed by atoms with Gasteiger partial charge >= 0.3 is 0 Å². The third-order valence-electron chi connectivity index (χ3n) is 9.45. The van der Waals surface area contributed by atoms with Gasteiger partial charge in [-0.25, -0.2) is 14.4 Å². The highest BCUT2D eigenvalue weighted by atomic mass is 35.5. The molecule has 3 aliphatic rings. The second-order valence-electron chi connectivity index (χ2n) is 12.0. The van der Waals surface area contributed by atoms with Gasteiger partial charge in [-0.15, -0.1) is 0 Å². The van der Waals surface area contributed by atoms with E-state index in [-0.39, 0.29) is 16.4 Å². The first-order valence-electron chi connectivity index (χ1n) is 14.2. The molecule has 0 aliphatic carbocycles. The molecule has 7 rings (SSSR count). The van der Waals surface area contributed by atoms with E-state index in [4.69, 9.17) is 16.7 Å². The first kappa shape index (κ1) is 26.4. The SMILES string of the molecule is CN(C)c1ccc(CN2C3CCC2CC(N2CC(CC#N)(n4cc(-c5ncnc6[nH]ccc56)cn4)C2)C3)c(F)c1Cl. The van der Waals surface area contributed by atoms with Crippen molar-refractivity contribution in [3.8, 4) is 17.3 Å². The molecule has 9 nitrogen and oxygen atoms in total. The van der Waals surface area contributed by atoms with Gasteiger partial charge in [0.25, 0.3) is 0 Å². The highest BCUT2D eigenvalue weighted by Gasteiger charge is 2.51. The van der Waals surface area contributed by atoms with Crippen molar-refractivity contribution in [3.63, 3.8) is 0 Å². The van der Waals surface area contributed by atoms with E-state index in [9.17, 15) is 5.26 Å². The lowest BCUT2D eigenvalue weighted by atomic mass is 9.82. The van der Waals surface area contributed by atoms with E-state index >= 15 is 4.39 Å². The van der Waals surface area contributed by atoms with Crippen molar-refractivity contribution in [2.45, 2.75) is 62.3 Å². The Morgan fingerprint density at radius 3 is 2.66 bits per heavy atom. The first-order valence-corrected chi connectivity index (χ1v) is 14.6. The van der Waals surface area contributed by atoms with Crippen molar-refractivity contribution in [1.29, 1.82) is 5.26 Å². The number of nitriles is 1. The molecule has 3 aliphatic heterocycles. The highest BCUT2D eigenvalue weighted by molar-refractivity contribution is 6.33. The maximum absolute atomic E-state index is 15.2.